The van der Waals surface area contributed by atoms with Crippen molar-refractivity contribution < 1.29 is 46.1 Å². The van der Waals surface area contributed by atoms with Crippen LogP contribution in [0.4, 0.5) is 0 Å². The fourth-order valence-electron chi connectivity index (χ4n) is 5.67. The van der Waals surface area contributed by atoms with Crippen molar-refractivity contribution in [3.05, 3.63) is 129 Å². The molecular formula is C35H36Cl2Zr. The molecule has 2 aliphatic carbocycles. The SMILES string of the molecule is C=Cc1ccc2c(c1)-c1cc(C=C)ccc1[CH]2/[Zr+2](=[CH]/c1ccccc1)[C]1=CC(C(C)(C)C)=CC1CC.[Cl-].[Cl-]. The van der Waals surface area contributed by atoms with E-state index < -0.39 is 21.3 Å². The van der Waals surface area contributed by atoms with E-state index in [-0.39, 0.29) is 30.2 Å². The molecule has 3 aromatic rings. The van der Waals surface area contributed by atoms with Crippen LogP contribution >= 0.6 is 0 Å². The molecule has 1 atom stereocenters. The smallest absolute Gasteiger partial charge is 1.00 e. The summed E-state index contributed by atoms with van der Waals surface area (Å²) in [6.07, 6.45) is 10.3. The van der Waals surface area contributed by atoms with Gasteiger partial charge in [-0.2, -0.15) is 0 Å². The van der Waals surface area contributed by atoms with Gasteiger partial charge in [-0.3, -0.25) is 0 Å². The molecule has 0 radical (unpaired) electrons. The molecule has 38 heavy (non-hydrogen) atoms. The van der Waals surface area contributed by atoms with Gasteiger partial charge in [0.25, 0.3) is 0 Å². The first-order valence-corrected chi connectivity index (χ1v) is 17.1. The van der Waals surface area contributed by atoms with E-state index in [1.165, 1.54) is 44.5 Å². The van der Waals surface area contributed by atoms with Crippen LogP contribution in [-0.2, 0) is 21.3 Å². The van der Waals surface area contributed by atoms with Crippen molar-refractivity contribution in [2.45, 2.75) is 37.7 Å². The van der Waals surface area contributed by atoms with Crippen LogP contribution in [0, 0.1) is 11.3 Å². The van der Waals surface area contributed by atoms with Gasteiger partial charge in [0.05, 0.1) is 0 Å². The van der Waals surface area contributed by atoms with E-state index in [0.717, 1.165) is 6.42 Å². The van der Waals surface area contributed by atoms with Crippen LogP contribution in [0.5, 0.6) is 0 Å². The van der Waals surface area contributed by atoms with E-state index in [4.69, 9.17) is 0 Å². The van der Waals surface area contributed by atoms with Crippen molar-refractivity contribution in [2.24, 2.45) is 11.3 Å². The predicted molar refractivity (Wildman–Crippen MR) is 155 cm³/mol. The van der Waals surface area contributed by atoms with E-state index in [2.05, 4.69) is 123 Å². The van der Waals surface area contributed by atoms with Crippen molar-refractivity contribution in [1.29, 1.82) is 0 Å². The standard InChI is InChI=1S/C17H13.C11H17.C7H6.2ClH.Zr/c1-3-12-5-7-14-11-15-8-6-13(4-2)10-17(15)16(14)9-12;1-5-9-6-7-10(8-9)11(2,3)4;1-7-5-3-2-4-6-7;;;/h3-11H,1-2H2;7-9H,5H2,1-4H3;1-6H;2*1H;/q;;;;;+2/p-2. The van der Waals surface area contributed by atoms with Crippen LogP contribution in [0.2, 0.25) is 0 Å². The number of fused-ring (bicyclic) bond motifs is 3. The topological polar surface area (TPSA) is 0 Å². The predicted octanol–water partition coefficient (Wildman–Crippen LogP) is 3.42. The molecule has 0 spiro atoms. The number of hydrogen-bond donors (Lipinski definition) is 0. The third-order valence-electron chi connectivity index (χ3n) is 7.70. The Labute approximate surface area is 249 Å². The molecule has 2 aliphatic rings. The molecule has 0 nitrogen and oxygen atoms in total. The molecule has 0 amide bonds. The van der Waals surface area contributed by atoms with Gasteiger partial charge in [0.15, 0.2) is 0 Å². The zero-order valence-electron chi connectivity index (χ0n) is 22.8. The van der Waals surface area contributed by atoms with Gasteiger partial charge in [-0.15, -0.1) is 0 Å². The van der Waals surface area contributed by atoms with Gasteiger partial charge in [0, 0.05) is 0 Å². The van der Waals surface area contributed by atoms with Crippen molar-refractivity contribution in [2.75, 3.05) is 0 Å². The molecule has 0 N–H and O–H groups in total. The fourth-order valence-corrected chi connectivity index (χ4v) is 14.1. The van der Waals surface area contributed by atoms with Crippen LogP contribution < -0.4 is 24.8 Å². The van der Waals surface area contributed by atoms with Crippen LogP contribution in [0.3, 0.4) is 0 Å². The van der Waals surface area contributed by atoms with Gasteiger partial charge >= 0.3 is 226 Å². The van der Waals surface area contributed by atoms with E-state index in [1.54, 1.807) is 3.28 Å². The summed E-state index contributed by atoms with van der Waals surface area (Å²) in [6, 6.07) is 25.0. The minimum absolute atomic E-state index is 0. The number of benzene rings is 3. The van der Waals surface area contributed by atoms with Crippen molar-refractivity contribution >= 4 is 15.9 Å². The average molecular weight is 619 g/mol. The Morgan fingerprint density at radius 2 is 1.34 bits per heavy atom. The molecule has 0 aromatic heterocycles. The van der Waals surface area contributed by atoms with Gasteiger partial charge in [0.1, 0.15) is 0 Å². The Hall–Kier alpha value is -2.05. The second-order valence-electron chi connectivity index (χ2n) is 11.0. The van der Waals surface area contributed by atoms with E-state index >= 15 is 0 Å². The van der Waals surface area contributed by atoms with Crippen LogP contribution in [0.15, 0.2) is 101 Å². The molecule has 0 aliphatic heterocycles. The molecule has 0 fully saturated rings. The molecule has 0 heterocycles. The Morgan fingerprint density at radius 3 is 1.82 bits per heavy atom. The molecule has 0 bridgehead atoms. The first kappa shape index (κ1) is 30.5. The van der Waals surface area contributed by atoms with Gasteiger partial charge in [-0.25, -0.2) is 0 Å². The minimum Gasteiger partial charge on any atom is -1.00 e. The number of rotatable bonds is 6. The third-order valence-corrected chi connectivity index (χ3v) is 15.2. The minimum atomic E-state index is -2.43. The second kappa shape index (κ2) is 12.4. The van der Waals surface area contributed by atoms with Crippen molar-refractivity contribution in [1.82, 2.24) is 0 Å². The first-order valence-electron chi connectivity index (χ1n) is 13.1. The normalized spacial score (nSPS) is 15.9. The monoisotopic (exact) mass is 616 g/mol. The Morgan fingerprint density at radius 1 is 0.789 bits per heavy atom. The van der Waals surface area contributed by atoms with Gasteiger partial charge in [-0.05, 0) is 0 Å². The van der Waals surface area contributed by atoms with Gasteiger partial charge in [-0.1, -0.05) is 0 Å². The maximum Gasteiger partial charge on any atom is -1.00 e. The second-order valence-corrected chi connectivity index (χ2v) is 16.8. The van der Waals surface area contributed by atoms with Crippen molar-refractivity contribution in [3.8, 4) is 11.1 Å². The maximum atomic E-state index is 4.05. The Bertz CT molecular complexity index is 1380. The summed E-state index contributed by atoms with van der Waals surface area (Å²) >= 11 is -2.43. The Kier molecular flexibility index (Phi) is 9.97. The van der Waals surface area contributed by atoms with Gasteiger partial charge in [0.2, 0.25) is 0 Å². The summed E-state index contributed by atoms with van der Waals surface area (Å²) in [7, 11) is 0. The maximum absolute atomic E-state index is 4.05. The fraction of sp³-hybridized carbons (Fsp3) is 0.229. The quantitative estimate of drug-likeness (QED) is 0.398. The molecule has 5 rings (SSSR count). The number of hydrogen-bond acceptors (Lipinski definition) is 0. The zero-order chi connectivity index (χ0) is 25.4. The number of allylic oxidation sites excluding steroid dienone is 4. The molecule has 0 saturated heterocycles. The molecule has 1 unspecified atom stereocenters. The first-order chi connectivity index (χ1) is 17.3. The molecule has 194 valence electrons. The van der Waals surface area contributed by atoms with E-state index in [0.29, 0.717) is 9.54 Å². The van der Waals surface area contributed by atoms with Crippen LogP contribution in [0.25, 0.3) is 23.3 Å². The zero-order valence-corrected chi connectivity index (χ0v) is 26.7. The molecule has 3 aromatic carbocycles. The van der Waals surface area contributed by atoms with Gasteiger partial charge < -0.3 is 24.8 Å². The molecular weight excluding hydrogens is 583 g/mol. The summed E-state index contributed by atoms with van der Waals surface area (Å²) in [6.45, 7) is 17.5. The Balaban J connectivity index is 0.00000200. The molecule has 3 heteroatoms. The summed E-state index contributed by atoms with van der Waals surface area (Å²) in [5.74, 6) is 0.543. The largest absolute Gasteiger partial charge is 1.00 e. The summed E-state index contributed by atoms with van der Waals surface area (Å²) < 4.78 is 4.91. The average Bonchev–Trinajstić information content (AvgIpc) is 3.47. The molecule has 0 saturated carbocycles. The van der Waals surface area contributed by atoms with E-state index in [9.17, 15) is 0 Å². The number of halogens is 2. The van der Waals surface area contributed by atoms with Crippen LogP contribution in [-0.4, -0.2) is 3.71 Å². The van der Waals surface area contributed by atoms with Crippen LogP contribution in [0.1, 0.15) is 65.6 Å². The summed E-state index contributed by atoms with van der Waals surface area (Å²) in [5.41, 5.74) is 11.2. The summed E-state index contributed by atoms with van der Waals surface area (Å²) in [4.78, 5) is 0. The third kappa shape index (κ3) is 5.77. The summed E-state index contributed by atoms with van der Waals surface area (Å²) in [5, 5.41) is 0. The van der Waals surface area contributed by atoms with E-state index in [1.807, 2.05) is 12.2 Å². The van der Waals surface area contributed by atoms with Crippen molar-refractivity contribution in [3.63, 3.8) is 0 Å².